The zero-order chi connectivity index (χ0) is 18.0. The number of amides is 1. The van der Waals surface area contributed by atoms with E-state index in [1.165, 1.54) is 10.4 Å². The van der Waals surface area contributed by atoms with E-state index in [0.29, 0.717) is 16.9 Å². The van der Waals surface area contributed by atoms with Gasteiger partial charge in [0.2, 0.25) is 15.9 Å². The average Bonchev–Trinajstić information content (AvgIpc) is 2.68. The predicted molar refractivity (Wildman–Crippen MR) is 95.5 cm³/mol. The highest BCUT2D eigenvalue weighted by molar-refractivity contribution is 7.92. The summed E-state index contributed by atoms with van der Waals surface area (Å²) in [7, 11) is -3.73. The predicted octanol–water partition coefficient (Wildman–Crippen LogP) is 2.94. The lowest BCUT2D eigenvalue weighted by molar-refractivity contribution is -0.116. The van der Waals surface area contributed by atoms with Gasteiger partial charge in [0.1, 0.15) is 5.82 Å². The molecule has 2 aromatic carbocycles. The van der Waals surface area contributed by atoms with Crippen molar-refractivity contribution in [1.82, 2.24) is 0 Å². The van der Waals surface area contributed by atoms with Gasteiger partial charge in [-0.15, -0.1) is 0 Å². The fourth-order valence-electron chi connectivity index (χ4n) is 3.02. The zero-order valence-corrected chi connectivity index (χ0v) is 14.6. The lowest BCUT2D eigenvalue weighted by Crippen LogP contribution is -2.40. The minimum atomic E-state index is -3.73. The standard InChI is InChI=1S/C18H19FN2O3S/c1-13-12-18(22)20-16-8-4-5-9-17(16)21(13)25(23,24)11-10-14-6-2-3-7-15(14)19/h2-9,13H,10-12H2,1H3,(H,20,22). The number of fused-ring (bicyclic) bond motifs is 1. The third kappa shape index (κ3) is 3.66. The number of rotatable bonds is 4. The van der Waals surface area contributed by atoms with Gasteiger partial charge in [-0.2, -0.15) is 0 Å². The highest BCUT2D eigenvalue weighted by atomic mass is 32.2. The first-order chi connectivity index (χ1) is 11.9. The molecular weight excluding hydrogens is 343 g/mol. The molecule has 1 aliphatic rings. The van der Waals surface area contributed by atoms with Crippen molar-refractivity contribution in [2.45, 2.75) is 25.8 Å². The monoisotopic (exact) mass is 362 g/mol. The highest BCUT2D eigenvalue weighted by Crippen LogP contribution is 2.33. The van der Waals surface area contributed by atoms with Crippen LogP contribution in [-0.4, -0.2) is 26.1 Å². The number of aryl methyl sites for hydroxylation is 1. The summed E-state index contributed by atoms with van der Waals surface area (Å²) in [6, 6.07) is 12.4. The third-order valence-electron chi connectivity index (χ3n) is 4.18. The van der Waals surface area contributed by atoms with E-state index in [0.717, 1.165) is 0 Å². The van der Waals surface area contributed by atoms with Gasteiger partial charge in [-0.05, 0) is 37.1 Å². The van der Waals surface area contributed by atoms with Crippen LogP contribution in [0.5, 0.6) is 0 Å². The first-order valence-electron chi connectivity index (χ1n) is 8.03. The second kappa shape index (κ2) is 6.84. The van der Waals surface area contributed by atoms with E-state index in [4.69, 9.17) is 0 Å². The van der Waals surface area contributed by atoms with Gasteiger partial charge >= 0.3 is 0 Å². The first-order valence-corrected chi connectivity index (χ1v) is 9.64. The molecule has 0 fully saturated rings. The molecule has 25 heavy (non-hydrogen) atoms. The Morgan fingerprint density at radius 2 is 1.84 bits per heavy atom. The van der Waals surface area contributed by atoms with E-state index in [2.05, 4.69) is 5.32 Å². The van der Waals surface area contributed by atoms with Crippen LogP contribution in [-0.2, 0) is 21.2 Å². The Bertz CT molecular complexity index is 899. The second-order valence-electron chi connectivity index (χ2n) is 6.07. The molecule has 7 heteroatoms. The van der Waals surface area contributed by atoms with Gasteiger partial charge in [-0.1, -0.05) is 30.3 Å². The Balaban J connectivity index is 1.92. The van der Waals surface area contributed by atoms with Crippen LogP contribution in [0.15, 0.2) is 48.5 Å². The summed E-state index contributed by atoms with van der Waals surface area (Å²) in [5.74, 6) is -0.883. The number of halogens is 1. The van der Waals surface area contributed by atoms with Crippen molar-refractivity contribution in [3.63, 3.8) is 0 Å². The topological polar surface area (TPSA) is 66.5 Å². The Morgan fingerprint density at radius 1 is 1.16 bits per heavy atom. The summed E-state index contributed by atoms with van der Waals surface area (Å²) in [6.45, 7) is 1.70. The minimum absolute atomic E-state index is 0.0631. The lowest BCUT2D eigenvalue weighted by atomic mass is 10.2. The summed E-state index contributed by atoms with van der Waals surface area (Å²) in [5, 5.41) is 2.73. The number of para-hydroxylation sites is 2. The van der Waals surface area contributed by atoms with E-state index in [-0.39, 0.29) is 24.5 Å². The maximum Gasteiger partial charge on any atom is 0.235 e. The molecule has 0 saturated heterocycles. The molecule has 5 nitrogen and oxygen atoms in total. The van der Waals surface area contributed by atoms with Crippen molar-refractivity contribution >= 4 is 27.3 Å². The summed E-state index contributed by atoms with van der Waals surface area (Å²) in [4.78, 5) is 12.0. The molecule has 132 valence electrons. The fraction of sp³-hybridized carbons (Fsp3) is 0.278. The quantitative estimate of drug-likeness (QED) is 0.909. The minimum Gasteiger partial charge on any atom is -0.324 e. The Kier molecular flexibility index (Phi) is 4.76. The molecule has 1 atom stereocenters. The number of hydrogen-bond acceptors (Lipinski definition) is 3. The van der Waals surface area contributed by atoms with Crippen molar-refractivity contribution in [2.75, 3.05) is 15.4 Å². The van der Waals surface area contributed by atoms with Crippen molar-refractivity contribution in [3.8, 4) is 0 Å². The number of nitrogens with one attached hydrogen (secondary N) is 1. The number of carbonyl (C=O) groups is 1. The number of nitrogens with zero attached hydrogens (tertiary/aromatic N) is 1. The zero-order valence-electron chi connectivity index (χ0n) is 13.8. The van der Waals surface area contributed by atoms with Crippen LogP contribution in [0.2, 0.25) is 0 Å². The van der Waals surface area contributed by atoms with Gasteiger partial charge in [-0.3, -0.25) is 9.10 Å². The maximum atomic E-state index is 13.8. The van der Waals surface area contributed by atoms with Crippen LogP contribution in [0.4, 0.5) is 15.8 Å². The van der Waals surface area contributed by atoms with Crippen molar-refractivity contribution in [2.24, 2.45) is 0 Å². The molecular formula is C18H19FN2O3S. The average molecular weight is 362 g/mol. The Morgan fingerprint density at radius 3 is 2.60 bits per heavy atom. The van der Waals surface area contributed by atoms with Crippen molar-refractivity contribution < 1.29 is 17.6 Å². The normalized spacial score (nSPS) is 17.6. The van der Waals surface area contributed by atoms with Crippen LogP contribution in [0, 0.1) is 5.82 Å². The molecule has 0 saturated carbocycles. The number of benzene rings is 2. The smallest absolute Gasteiger partial charge is 0.235 e. The largest absolute Gasteiger partial charge is 0.324 e. The van der Waals surface area contributed by atoms with Crippen molar-refractivity contribution in [1.29, 1.82) is 0 Å². The van der Waals surface area contributed by atoms with Crippen molar-refractivity contribution in [3.05, 3.63) is 59.9 Å². The fourth-order valence-corrected chi connectivity index (χ4v) is 4.78. The molecule has 0 aliphatic carbocycles. The van der Waals surface area contributed by atoms with Gasteiger partial charge < -0.3 is 5.32 Å². The number of anilines is 2. The summed E-state index contributed by atoms with van der Waals surface area (Å²) >= 11 is 0. The van der Waals surface area contributed by atoms with E-state index in [1.54, 1.807) is 49.4 Å². The van der Waals surface area contributed by atoms with Gasteiger partial charge in [-0.25, -0.2) is 12.8 Å². The summed E-state index contributed by atoms with van der Waals surface area (Å²) in [5.41, 5.74) is 1.26. The first kappa shape index (κ1) is 17.4. The van der Waals surface area contributed by atoms with E-state index >= 15 is 0 Å². The van der Waals surface area contributed by atoms with Crippen LogP contribution in [0.1, 0.15) is 18.9 Å². The number of carbonyl (C=O) groups excluding carboxylic acids is 1. The molecule has 2 aromatic rings. The second-order valence-corrected chi connectivity index (χ2v) is 8.04. The molecule has 0 spiro atoms. The van der Waals surface area contributed by atoms with Crippen LogP contribution < -0.4 is 9.62 Å². The van der Waals surface area contributed by atoms with Gasteiger partial charge in [0.25, 0.3) is 0 Å². The van der Waals surface area contributed by atoms with Gasteiger partial charge in [0.05, 0.1) is 23.2 Å². The molecule has 1 heterocycles. The summed E-state index contributed by atoms with van der Waals surface area (Å²) in [6.07, 6.45) is 0.134. The lowest BCUT2D eigenvalue weighted by Gasteiger charge is -2.29. The molecule has 0 bridgehead atoms. The summed E-state index contributed by atoms with van der Waals surface area (Å²) < 4.78 is 41.0. The van der Waals surface area contributed by atoms with E-state index in [9.17, 15) is 17.6 Å². The van der Waals surface area contributed by atoms with E-state index < -0.39 is 21.9 Å². The molecule has 1 aliphatic heterocycles. The Labute approximate surface area is 146 Å². The maximum absolute atomic E-state index is 13.8. The SMILES string of the molecule is CC1CC(=O)Nc2ccccc2N1S(=O)(=O)CCc1ccccc1F. The molecule has 0 radical (unpaired) electrons. The van der Waals surface area contributed by atoms with E-state index in [1.807, 2.05) is 0 Å². The molecule has 1 N–H and O–H groups in total. The van der Waals surface area contributed by atoms with Gasteiger partial charge in [0, 0.05) is 6.42 Å². The number of hydrogen-bond donors (Lipinski definition) is 1. The van der Waals surface area contributed by atoms with Gasteiger partial charge in [0.15, 0.2) is 0 Å². The number of sulfonamides is 1. The van der Waals surface area contributed by atoms with Crippen LogP contribution >= 0.6 is 0 Å². The molecule has 1 amide bonds. The van der Waals surface area contributed by atoms with Crippen LogP contribution in [0.25, 0.3) is 0 Å². The molecule has 3 rings (SSSR count). The van der Waals surface area contributed by atoms with Crippen LogP contribution in [0.3, 0.4) is 0 Å². The third-order valence-corrected chi connectivity index (χ3v) is 6.06. The highest BCUT2D eigenvalue weighted by Gasteiger charge is 2.33. The molecule has 0 aromatic heterocycles. The Hall–Kier alpha value is -2.41. The molecule has 1 unspecified atom stereocenters.